The predicted octanol–water partition coefficient (Wildman–Crippen LogP) is 2.47. The number of hydrogen-bond donors (Lipinski definition) is 2. The van der Waals surface area contributed by atoms with Gasteiger partial charge >= 0.3 is 0 Å². The lowest BCUT2D eigenvalue weighted by atomic mass is 10.1. The number of benzene rings is 1. The molecule has 5 nitrogen and oxygen atoms in total. The minimum Gasteiger partial charge on any atom is -0.299 e. The van der Waals surface area contributed by atoms with Crippen LogP contribution in [0, 0.1) is 12.8 Å². The van der Waals surface area contributed by atoms with Gasteiger partial charge in [0.2, 0.25) is 0 Å². The van der Waals surface area contributed by atoms with Gasteiger partial charge in [-0.3, -0.25) is 13.3 Å². The second-order valence-electron chi connectivity index (χ2n) is 4.88. The Morgan fingerprint density at radius 3 is 2.37 bits per heavy atom. The van der Waals surface area contributed by atoms with Crippen molar-refractivity contribution in [3.8, 4) is 0 Å². The summed E-state index contributed by atoms with van der Waals surface area (Å²) in [5.41, 5.74) is 0.985. The average molecular weight is 306 g/mol. The summed E-state index contributed by atoms with van der Waals surface area (Å²) in [5.74, 6) is 0.875. The van der Waals surface area contributed by atoms with Crippen molar-refractivity contribution in [3.63, 3.8) is 0 Å². The van der Waals surface area contributed by atoms with E-state index in [2.05, 4.69) is 0 Å². The third kappa shape index (κ3) is 3.93. The van der Waals surface area contributed by atoms with Crippen molar-refractivity contribution in [1.29, 1.82) is 0 Å². The van der Waals surface area contributed by atoms with Crippen LogP contribution < -0.4 is 0 Å². The molecule has 2 rings (SSSR count). The fourth-order valence-corrected chi connectivity index (χ4v) is 4.64. The Balaban J connectivity index is 1.83. The zero-order chi connectivity index (χ0) is 14.1. The Morgan fingerprint density at radius 1 is 1.26 bits per heavy atom. The van der Waals surface area contributed by atoms with Crippen LogP contribution >= 0.6 is 10.6 Å². The topological polar surface area (TPSA) is 83.8 Å². The van der Waals surface area contributed by atoms with Gasteiger partial charge in [0.25, 0.3) is 10.1 Å². The van der Waals surface area contributed by atoms with E-state index in [1.165, 1.54) is 12.1 Å². The molecule has 1 fully saturated rings. The van der Waals surface area contributed by atoms with Crippen LogP contribution in [0.2, 0.25) is 0 Å². The molecule has 108 valence electrons. The van der Waals surface area contributed by atoms with Crippen LogP contribution in [0.4, 0.5) is 0 Å². The van der Waals surface area contributed by atoms with E-state index in [4.69, 9.17) is 4.18 Å². The second kappa shape index (κ2) is 5.41. The molecule has 1 aliphatic rings. The Hall–Kier alpha value is -0.600. The largest absolute Gasteiger partial charge is 0.299 e. The molecule has 0 bridgehead atoms. The summed E-state index contributed by atoms with van der Waals surface area (Å²) in [5, 5.41) is 0. The Kier molecular flexibility index (Phi) is 4.22. The smallest absolute Gasteiger partial charge is 0.296 e. The van der Waals surface area contributed by atoms with Gasteiger partial charge in [-0.05, 0) is 31.4 Å². The number of aryl methyl sites for hydroxylation is 1. The van der Waals surface area contributed by atoms with Crippen LogP contribution in [-0.2, 0) is 14.3 Å². The summed E-state index contributed by atoms with van der Waals surface area (Å²) in [4.78, 5) is 0.149. The molecule has 0 atom stereocenters. The SMILES string of the molecule is Cc1ccc(S(=O)(=O)OCCC2CS(O)(O)C2)cc1. The van der Waals surface area contributed by atoms with Crippen molar-refractivity contribution >= 4 is 20.7 Å². The highest BCUT2D eigenvalue weighted by Gasteiger charge is 2.33. The molecule has 1 aromatic rings. The summed E-state index contributed by atoms with van der Waals surface area (Å²) in [6.07, 6.45) is 0.529. The molecule has 1 heterocycles. The summed E-state index contributed by atoms with van der Waals surface area (Å²) >= 11 is 0. The van der Waals surface area contributed by atoms with Crippen LogP contribution in [-0.4, -0.2) is 35.6 Å². The lowest BCUT2D eigenvalue weighted by molar-refractivity contribution is 0.283. The first-order chi connectivity index (χ1) is 8.78. The van der Waals surface area contributed by atoms with Gasteiger partial charge in [-0.2, -0.15) is 19.0 Å². The zero-order valence-electron chi connectivity index (χ0n) is 10.7. The highest BCUT2D eigenvalue weighted by Crippen LogP contribution is 2.52. The summed E-state index contributed by atoms with van der Waals surface area (Å²) in [7, 11) is -6.06. The van der Waals surface area contributed by atoms with Crippen molar-refractivity contribution in [2.75, 3.05) is 18.1 Å². The van der Waals surface area contributed by atoms with Crippen molar-refractivity contribution in [2.45, 2.75) is 18.2 Å². The molecule has 1 saturated heterocycles. The standard InChI is InChI=1S/C12H18O5S2/c1-10-2-4-12(5-3-10)19(15,16)17-7-6-11-8-18(13,14)9-11/h2-5,11,13-14H,6-9H2,1H3. The third-order valence-electron chi connectivity index (χ3n) is 3.08. The van der Waals surface area contributed by atoms with E-state index in [0.29, 0.717) is 17.9 Å². The molecule has 0 amide bonds. The first-order valence-electron chi connectivity index (χ1n) is 5.98. The van der Waals surface area contributed by atoms with Gasteiger partial charge in [-0.15, -0.1) is 0 Å². The van der Waals surface area contributed by atoms with Crippen LogP contribution in [0.25, 0.3) is 0 Å². The molecule has 0 saturated carbocycles. The van der Waals surface area contributed by atoms with Crippen LogP contribution in [0.3, 0.4) is 0 Å². The van der Waals surface area contributed by atoms with E-state index in [-0.39, 0.29) is 17.4 Å². The normalized spacial score (nSPS) is 20.8. The fourth-order valence-electron chi connectivity index (χ4n) is 1.97. The lowest BCUT2D eigenvalue weighted by Crippen LogP contribution is -2.33. The van der Waals surface area contributed by atoms with Crippen LogP contribution in [0.1, 0.15) is 12.0 Å². The van der Waals surface area contributed by atoms with E-state index in [1.807, 2.05) is 6.92 Å². The molecule has 1 aliphatic heterocycles. The van der Waals surface area contributed by atoms with Gasteiger partial charge in [0, 0.05) is 11.5 Å². The second-order valence-corrected chi connectivity index (χ2v) is 8.77. The molecule has 0 unspecified atom stereocenters. The predicted molar refractivity (Wildman–Crippen MR) is 75.0 cm³/mol. The third-order valence-corrected chi connectivity index (χ3v) is 6.42. The molecule has 19 heavy (non-hydrogen) atoms. The summed E-state index contributed by atoms with van der Waals surface area (Å²) in [6.45, 7) is 1.96. The van der Waals surface area contributed by atoms with E-state index in [0.717, 1.165) is 5.56 Å². The summed E-state index contributed by atoms with van der Waals surface area (Å²) < 4.78 is 47.1. The van der Waals surface area contributed by atoms with Gasteiger partial charge in [-0.1, -0.05) is 17.7 Å². The molecule has 0 radical (unpaired) electrons. The number of rotatable bonds is 5. The van der Waals surface area contributed by atoms with Gasteiger partial charge in [0.05, 0.1) is 11.5 Å². The van der Waals surface area contributed by atoms with E-state index in [9.17, 15) is 17.5 Å². The fraction of sp³-hybridized carbons (Fsp3) is 0.500. The maximum Gasteiger partial charge on any atom is 0.296 e. The molecule has 0 aliphatic carbocycles. The van der Waals surface area contributed by atoms with Crippen LogP contribution in [0.15, 0.2) is 29.2 Å². The Morgan fingerprint density at radius 2 is 1.84 bits per heavy atom. The minimum atomic E-state index is -3.70. The van der Waals surface area contributed by atoms with Crippen molar-refractivity contribution in [1.82, 2.24) is 0 Å². The Labute approximate surface area is 115 Å². The molecule has 7 heteroatoms. The van der Waals surface area contributed by atoms with Crippen molar-refractivity contribution in [3.05, 3.63) is 29.8 Å². The molecule has 0 aromatic heterocycles. The van der Waals surface area contributed by atoms with E-state index >= 15 is 0 Å². The minimum absolute atomic E-state index is 0.0798. The molecule has 1 aromatic carbocycles. The number of hydrogen-bond acceptors (Lipinski definition) is 5. The summed E-state index contributed by atoms with van der Waals surface area (Å²) in [6, 6.07) is 6.48. The van der Waals surface area contributed by atoms with Gasteiger partial charge in [-0.25, -0.2) is 0 Å². The van der Waals surface area contributed by atoms with E-state index < -0.39 is 20.7 Å². The molecule has 0 spiro atoms. The highest BCUT2D eigenvalue weighted by molar-refractivity contribution is 8.25. The highest BCUT2D eigenvalue weighted by atomic mass is 32.3. The van der Waals surface area contributed by atoms with Crippen molar-refractivity contribution < 1.29 is 21.7 Å². The van der Waals surface area contributed by atoms with E-state index in [1.54, 1.807) is 12.1 Å². The lowest BCUT2D eigenvalue weighted by Gasteiger charge is -2.47. The van der Waals surface area contributed by atoms with Gasteiger partial charge in [0.1, 0.15) is 0 Å². The molecular formula is C12H18O5S2. The first kappa shape index (κ1) is 14.8. The van der Waals surface area contributed by atoms with Crippen LogP contribution in [0.5, 0.6) is 0 Å². The maximum atomic E-state index is 11.8. The van der Waals surface area contributed by atoms with Crippen molar-refractivity contribution in [2.24, 2.45) is 5.92 Å². The first-order valence-corrected chi connectivity index (χ1v) is 9.27. The van der Waals surface area contributed by atoms with Gasteiger partial charge in [0.15, 0.2) is 0 Å². The maximum absolute atomic E-state index is 11.8. The molecule has 2 N–H and O–H groups in total. The average Bonchev–Trinajstić information content (AvgIpc) is 2.26. The monoisotopic (exact) mass is 306 g/mol. The Bertz CT molecular complexity index is 528. The zero-order valence-corrected chi connectivity index (χ0v) is 12.3. The van der Waals surface area contributed by atoms with Gasteiger partial charge < -0.3 is 0 Å². The molecular weight excluding hydrogens is 288 g/mol. The quantitative estimate of drug-likeness (QED) is 0.816.